The second-order valence-corrected chi connectivity index (χ2v) is 4.68. The summed E-state index contributed by atoms with van der Waals surface area (Å²) in [6.07, 6.45) is 0. The number of hydrogen-bond donors (Lipinski definition) is 2. The van der Waals surface area contributed by atoms with Gasteiger partial charge >= 0.3 is 0 Å². The highest BCUT2D eigenvalue weighted by atomic mass is 19.1. The van der Waals surface area contributed by atoms with Crippen molar-refractivity contribution in [2.45, 2.75) is 13.0 Å². The molecule has 110 valence electrons. The molecule has 5 heteroatoms. The van der Waals surface area contributed by atoms with Crippen LogP contribution in [0.15, 0.2) is 48.5 Å². The van der Waals surface area contributed by atoms with Crippen molar-refractivity contribution in [3.8, 4) is 0 Å². The summed E-state index contributed by atoms with van der Waals surface area (Å²) in [6, 6.07) is 11.9. The van der Waals surface area contributed by atoms with Crippen molar-refractivity contribution in [3.63, 3.8) is 0 Å². The maximum absolute atomic E-state index is 13.4. The van der Waals surface area contributed by atoms with Gasteiger partial charge < -0.3 is 10.6 Å². The van der Waals surface area contributed by atoms with E-state index in [9.17, 15) is 13.6 Å². The fourth-order valence-corrected chi connectivity index (χ4v) is 1.87. The molecule has 2 rings (SSSR count). The molecule has 0 bridgehead atoms. The lowest BCUT2D eigenvalue weighted by molar-refractivity contribution is -0.115. The Morgan fingerprint density at radius 1 is 1.10 bits per heavy atom. The molecule has 21 heavy (non-hydrogen) atoms. The zero-order valence-corrected chi connectivity index (χ0v) is 11.6. The molecule has 2 aromatic carbocycles. The van der Waals surface area contributed by atoms with Crippen LogP contribution in [0.3, 0.4) is 0 Å². The van der Waals surface area contributed by atoms with Crippen molar-refractivity contribution in [2.75, 3.05) is 11.9 Å². The topological polar surface area (TPSA) is 41.1 Å². The van der Waals surface area contributed by atoms with Crippen LogP contribution >= 0.6 is 0 Å². The molecule has 1 amide bonds. The van der Waals surface area contributed by atoms with E-state index >= 15 is 0 Å². The number of nitrogens with one attached hydrogen (secondary N) is 2. The molecule has 0 aromatic heterocycles. The predicted octanol–water partition coefficient (Wildman–Crippen LogP) is 3.25. The third-order valence-corrected chi connectivity index (χ3v) is 3.09. The van der Waals surface area contributed by atoms with Crippen LogP contribution in [0.4, 0.5) is 14.5 Å². The Morgan fingerprint density at radius 2 is 1.76 bits per heavy atom. The van der Waals surface area contributed by atoms with Gasteiger partial charge in [0.1, 0.15) is 11.6 Å². The van der Waals surface area contributed by atoms with Gasteiger partial charge in [-0.15, -0.1) is 0 Å². The lowest BCUT2D eigenvalue weighted by atomic mass is 10.1. The summed E-state index contributed by atoms with van der Waals surface area (Å²) >= 11 is 0. The van der Waals surface area contributed by atoms with Crippen molar-refractivity contribution in [1.29, 1.82) is 0 Å². The maximum Gasteiger partial charge on any atom is 0.238 e. The number of carbonyl (C=O) groups is 1. The lowest BCUT2D eigenvalue weighted by Gasteiger charge is -2.14. The highest BCUT2D eigenvalue weighted by molar-refractivity contribution is 5.92. The van der Waals surface area contributed by atoms with Gasteiger partial charge in [-0.2, -0.15) is 0 Å². The maximum atomic E-state index is 13.4. The minimum Gasteiger partial charge on any atom is -0.322 e. The van der Waals surface area contributed by atoms with Gasteiger partial charge in [-0.05, 0) is 36.8 Å². The molecule has 0 aliphatic heterocycles. The molecule has 0 unspecified atom stereocenters. The zero-order chi connectivity index (χ0) is 15.2. The van der Waals surface area contributed by atoms with Gasteiger partial charge in [-0.25, -0.2) is 8.78 Å². The van der Waals surface area contributed by atoms with Gasteiger partial charge in [0.05, 0.1) is 12.2 Å². The van der Waals surface area contributed by atoms with Crippen LogP contribution in [-0.4, -0.2) is 12.5 Å². The van der Waals surface area contributed by atoms with Crippen LogP contribution in [-0.2, 0) is 4.79 Å². The summed E-state index contributed by atoms with van der Waals surface area (Å²) in [7, 11) is 0. The van der Waals surface area contributed by atoms with Crippen LogP contribution < -0.4 is 10.6 Å². The molecule has 0 aliphatic carbocycles. The SMILES string of the molecule is C[C@H](NCC(=O)Nc1ccccc1F)c1ccc(F)cc1. The molecular formula is C16H16F2N2O. The van der Waals surface area contributed by atoms with E-state index in [1.807, 2.05) is 6.92 Å². The Bertz CT molecular complexity index is 614. The molecule has 0 radical (unpaired) electrons. The fourth-order valence-electron chi connectivity index (χ4n) is 1.87. The van der Waals surface area contributed by atoms with Gasteiger partial charge in [0.2, 0.25) is 5.91 Å². The highest BCUT2D eigenvalue weighted by Crippen LogP contribution is 2.14. The molecule has 0 heterocycles. The summed E-state index contributed by atoms with van der Waals surface area (Å²) in [5, 5.41) is 5.49. The number of amides is 1. The van der Waals surface area contributed by atoms with Gasteiger partial charge in [0, 0.05) is 6.04 Å². The Balaban J connectivity index is 1.86. The van der Waals surface area contributed by atoms with Gasteiger partial charge in [0.15, 0.2) is 0 Å². The van der Waals surface area contributed by atoms with E-state index < -0.39 is 5.82 Å². The molecule has 2 N–H and O–H groups in total. The van der Waals surface area contributed by atoms with Crippen molar-refractivity contribution in [3.05, 3.63) is 65.7 Å². The third kappa shape index (κ3) is 4.36. The molecule has 0 fully saturated rings. The first-order chi connectivity index (χ1) is 10.1. The highest BCUT2D eigenvalue weighted by Gasteiger charge is 2.09. The Kier molecular flexibility index (Phi) is 5.00. The Labute approximate surface area is 122 Å². The summed E-state index contributed by atoms with van der Waals surface area (Å²) in [6.45, 7) is 1.90. The summed E-state index contributed by atoms with van der Waals surface area (Å²) in [5.74, 6) is -1.12. The molecule has 0 saturated carbocycles. The van der Waals surface area contributed by atoms with Crippen LogP contribution in [0.2, 0.25) is 0 Å². The largest absolute Gasteiger partial charge is 0.322 e. The van der Waals surface area contributed by atoms with E-state index in [1.54, 1.807) is 24.3 Å². The first-order valence-corrected chi connectivity index (χ1v) is 6.59. The predicted molar refractivity (Wildman–Crippen MR) is 77.8 cm³/mol. The Hall–Kier alpha value is -2.27. The average Bonchev–Trinajstić information content (AvgIpc) is 2.48. The van der Waals surface area contributed by atoms with Crippen LogP contribution in [0.25, 0.3) is 0 Å². The van der Waals surface area contributed by atoms with Crippen LogP contribution in [0, 0.1) is 11.6 Å². The second-order valence-electron chi connectivity index (χ2n) is 4.68. The molecule has 0 spiro atoms. The van der Waals surface area contributed by atoms with E-state index in [-0.39, 0.29) is 30.0 Å². The zero-order valence-electron chi connectivity index (χ0n) is 11.6. The van der Waals surface area contributed by atoms with E-state index in [0.717, 1.165) is 5.56 Å². The minimum atomic E-state index is -0.475. The number of hydrogen-bond acceptors (Lipinski definition) is 2. The van der Waals surface area contributed by atoms with E-state index in [2.05, 4.69) is 10.6 Å². The molecule has 2 aromatic rings. The molecule has 0 aliphatic rings. The fraction of sp³-hybridized carbons (Fsp3) is 0.188. The number of rotatable bonds is 5. The normalized spacial score (nSPS) is 12.0. The van der Waals surface area contributed by atoms with E-state index in [0.29, 0.717) is 0 Å². The molecule has 0 saturated heterocycles. The quantitative estimate of drug-likeness (QED) is 0.887. The van der Waals surface area contributed by atoms with Gasteiger partial charge in [0.25, 0.3) is 0 Å². The second kappa shape index (κ2) is 6.95. The first kappa shape index (κ1) is 15.1. The van der Waals surface area contributed by atoms with Gasteiger partial charge in [-0.1, -0.05) is 24.3 Å². The lowest BCUT2D eigenvalue weighted by Crippen LogP contribution is -2.30. The third-order valence-electron chi connectivity index (χ3n) is 3.09. The van der Waals surface area contributed by atoms with Gasteiger partial charge in [-0.3, -0.25) is 4.79 Å². The number of carbonyl (C=O) groups excluding carboxylic acids is 1. The van der Waals surface area contributed by atoms with Crippen molar-refractivity contribution < 1.29 is 13.6 Å². The first-order valence-electron chi connectivity index (χ1n) is 6.59. The minimum absolute atomic E-state index is 0.0346. The smallest absolute Gasteiger partial charge is 0.238 e. The monoisotopic (exact) mass is 290 g/mol. The number of halogens is 2. The van der Waals surface area contributed by atoms with E-state index in [4.69, 9.17) is 0 Å². The number of anilines is 1. The van der Waals surface area contributed by atoms with E-state index in [1.165, 1.54) is 24.3 Å². The Morgan fingerprint density at radius 3 is 2.43 bits per heavy atom. The molecular weight excluding hydrogens is 274 g/mol. The average molecular weight is 290 g/mol. The van der Waals surface area contributed by atoms with Crippen LogP contribution in [0.5, 0.6) is 0 Å². The van der Waals surface area contributed by atoms with Crippen molar-refractivity contribution in [2.24, 2.45) is 0 Å². The number of para-hydroxylation sites is 1. The van der Waals surface area contributed by atoms with Crippen molar-refractivity contribution >= 4 is 11.6 Å². The standard InChI is InChI=1S/C16H16F2N2O/c1-11(12-6-8-13(17)9-7-12)19-10-16(21)20-15-5-3-2-4-14(15)18/h2-9,11,19H,10H2,1H3,(H,20,21)/t11-/m0/s1. The molecule has 3 nitrogen and oxygen atoms in total. The molecule has 1 atom stereocenters. The van der Waals surface area contributed by atoms with Crippen LogP contribution in [0.1, 0.15) is 18.5 Å². The summed E-state index contributed by atoms with van der Waals surface area (Å²) < 4.78 is 26.2. The summed E-state index contributed by atoms with van der Waals surface area (Å²) in [4.78, 5) is 11.8. The summed E-state index contributed by atoms with van der Waals surface area (Å²) in [5.41, 5.74) is 1.02. The number of benzene rings is 2. The van der Waals surface area contributed by atoms with Crippen molar-refractivity contribution in [1.82, 2.24) is 5.32 Å².